The Labute approximate surface area is 158 Å². The number of nitrogens with zero attached hydrogens (tertiary/aromatic N) is 1. The van der Waals surface area contributed by atoms with Gasteiger partial charge in [0.05, 0.1) is 11.9 Å². The average molecular weight is 429 g/mol. The second-order valence-corrected chi connectivity index (χ2v) is 9.04. The molecule has 0 atom stereocenters. The molecule has 1 aliphatic carbocycles. The number of anilines is 1. The van der Waals surface area contributed by atoms with E-state index in [-0.39, 0.29) is 12.5 Å². The molecular formula is C18H25BrN2O3S. The van der Waals surface area contributed by atoms with E-state index in [1.165, 1.54) is 29.0 Å². The fourth-order valence-corrected chi connectivity index (χ4v) is 4.46. The zero-order valence-electron chi connectivity index (χ0n) is 14.5. The van der Waals surface area contributed by atoms with Crippen LogP contribution in [-0.2, 0) is 14.8 Å². The molecule has 0 radical (unpaired) electrons. The Kier molecular flexibility index (Phi) is 7.50. The first kappa shape index (κ1) is 20.0. The zero-order chi connectivity index (χ0) is 18.3. The summed E-state index contributed by atoms with van der Waals surface area (Å²) in [7, 11) is -3.41. The molecule has 0 saturated heterocycles. The van der Waals surface area contributed by atoms with Gasteiger partial charge in [-0.3, -0.25) is 9.10 Å². The van der Waals surface area contributed by atoms with Crippen molar-refractivity contribution in [2.75, 3.05) is 23.7 Å². The van der Waals surface area contributed by atoms with Crippen LogP contribution in [0, 0.1) is 0 Å². The molecule has 2 rings (SSSR count). The standard InChI is InChI=1S/C18H25BrN2O3S/c1-25(23,24)21(17-11-6-5-10-16(17)19)13-7-12-18(22)20-14-15-8-3-2-4-9-15/h5-6,8,10-11H,2-4,7,9,12-14H2,1H3,(H,20,22). The topological polar surface area (TPSA) is 66.5 Å². The van der Waals surface area contributed by atoms with E-state index in [4.69, 9.17) is 0 Å². The number of carbonyl (C=O) groups excluding carboxylic acids is 1. The Morgan fingerprint density at radius 1 is 1.28 bits per heavy atom. The number of carbonyl (C=O) groups is 1. The first-order valence-electron chi connectivity index (χ1n) is 8.55. The van der Waals surface area contributed by atoms with Gasteiger partial charge in [0.2, 0.25) is 15.9 Å². The third-order valence-corrected chi connectivity index (χ3v) is 6.03. The number of nitrogens with one attached hydrogen (secondary N) is 1. The van der Waals surface area contributed by atoms with Crippen LogP contribution in [0.5, 0.6) is 0 Å². The minimum atomic E-state index is -3.41. The Morgan fingerprint density at radius 3 is 2.68 bits per heavy atom. The molecule has 138 valence electrons. The molecule has 7 heteroatoms. The summed E-state index contributed by atoms with van der Waals surface area (Å²) in [6, 6.07) is 7.18. The summed E-state index contributed by atoms with van der Waals surface area (Å²) in [4.78, 5) is 12.0. The number of allylic oxidation sites excluding steroid dienone is 1. The van der Waals surface area contributed by atoms with E-state index in [1.54, 1.807) is 18.2 Å². The van der Waals surface area contributed by atoms with Gasteiger partial charge in [0.25, 0.3) is 0 Å². The molecule has 1 aliphatic rings. The summed E-state index contributed by atoms with van der Waals surface area (Å²) in [6.45, 7) is 0.885. The Bertz CT molecular complexity index is 732. The molecule has 1 amide bonds. The van der Waals surface area contributed by atoms with E-state index >= 15 is 0 Å². The van der Waals surface area contributed by atoms with Crippen LogP contribution in [-0.4, -0.2) is 33.7 Å². The first-order valence-corrected chi connectivity index (χ1v) is 11.2. The van der Waals surface area contributed by atoms with Crippen LogP contribution in [0.25, 0.3) is 0 Å². The fraction of sp³-hybridized carbons (Fsp3) is 0.500. The summed E-state index contributed by atoms with van der Waals surface area (Å²) < 4.78 is 26.2. The number of rotatable bonds is 8. The van der Waals surface area contributed by atoms with E-state index in [2.05, 4.69) is 27.3 Å². The van der Waals surface area contributed by atoms with Gasteiger partial charge >= 0.3 is 0 Å². The first-order chi connectivity index (χ1) is 11.9. The molecule has 1 aromatic rings. The molecule has 0 aliphatic heterocycles. The molecule has 0 saturated carbocycles. The smallest absolute Gasteiger partial charge is 0.232 e. The van der Waals surface area contributed by atoms with E-state index in [1.807, 2.05) is 6.07 Å². The lowest BCUT2D eigenvalue weighted by molar-refractivity contribution is -0.120. The van der Waals surface area contributed by atoms with Gasteiger partial charge in [-0.2, -0.15) is 0 Å². The second kappa shape index (κ2) is 9.38. The van der Waals surface area contributed by atoms with Crippen LogP contribution < -0.4 is 9.62 Å². The van der Waals surface area contributed by atoms with Gasteiger partial charge in [0.1, 0.15) is 0 Å². The van der Waals surface area contributed by atoms with Gasteiger partial charge in [-0.25, -0.2) is 8.42 Å². The number of hydrogen-bond donors (Lipinski definition) is 1. The normalized spacial score (nSPS) is 14.7. The molecule has 0 heterocycles. The van der Waals surface area contributed by atoms with Gasteiger partial charge < -0.3 is 5.32 Å². The van der Waals surface area contributed by atoms with Crippen LogP contribution in [0.1, 0.15) is 38.5 Å². The number of amides is 1. The highest BCUT2D eigenvalue weighted by Gasteiger charge is 2.19. The third kappa shape index (κ3) is 6.47. The van der Waals surface area contributed by atoms with Crippen molar-refractivity contribution in [2.45, 2.75) is 38.5 Å². The van der Waals surface area contributed by atoms with Crippen molar-refractivity contribution in [3.05, 3.63) is 40.4 Å². The van der Waals surface area contributed by atoms with Gasteiger partial charge in [0, 0.05) is 24.0 Å². The Balaban J connectivity index is 1.86. The summed E-state index contributed by atoms with van der Waals surface area (Å²) >= 11 is 3.39. The molecule has 1 N–H and O–H groups in total. The molecule has 1 aromatic carbocycles. The average Bonchev–Trinajstić information content (AvgIpc) is 2.58. The quantitative estimate of drug-likeness (QED) is 0.642. The van der Waals surface area contributed by atoms with Crippen molar-refractivity contribution in [1.82, 2.24) is 5.32 Å². The van der Waals surface area contributed by atoms with Crippen molar-refractivity contribution in [3.8, 4) is 0 Å². The highest BCUT2D eigenvalue weighted by Crippen LogP contribution is 2.27. The molecule has 0 bridgehead atoms. The Hall–Kier alpha value is -1.34. The van der Waals surface area contributed by atoms with E-state index in [9.17, 15) is 13.2 Å². The van der Waals surface area contributed by atoms with Crippen LogP contribution >= 0.6 is 15.9 Å². The van der Waals surface area contributed by atoms with E-state index in [0.717, 1.165) is 12.8 Å². The van der Waals surface area contributed by atoms with Gasteiger partial charge in [-0.1, -0.05) is 23.8 Å². The van der Waals surface area contributed by atoms with Gasteiger partial charge in [0.15, 0.2) is 0 Å². The molecule has 0 unspecified atom stereocenters. The number of halogens is 1. The van der Waals surface area contributed by atoms with Crippen molar-refractivity contribution in [2.24, 2.45) is 0 Å². The predicted molar refractivity (Wildman–Crippen MR) is 105 cm³/mol. The predicted octanol–water partition coefficient (Wildman–Crippen LogP) is 3.61. The van der Waals surface area contributed by atoms with Gasteiger partial charge in [-0.05, 0) is 60.2 Å². The molecular weight excluding hydrogens is 404 g/mol. The molecule has 25 heavy (non-hydrogen) atoms. The molecule has 0 aromatic heterocycles. The molecule has 5 nitrogen and oxygen atoms in total. The summed E-state index contributed by atoms with van der Waals surface area (Å²) in [6.07, 6.45) is 8.75. The monoisotopic (exact) mass is 428 g/mol. The van der Waals surface area contributed by atoms with E-state index < -0.39 is 10.0 Å². The lowest BCUT2D eigenvalue weighted by atomic mass is 10.00. The fourth-order valence-electron chi connectivity index (χ4n) is 2.87. The van der Waals surface area contributed by atoms with Crippen LogP contribution in [0.15, 0.2) is 40.4 Å². The number of sulfonamides is 1. The highest BCUT2D eigenvalue weighted by molar-refractivity contribution is 9.10. The van der Waals surface area contributed by atoms with Gasteiger partial charge in [-0.15, -0.1) is 0 Å². The number of benzene rings is 1. The number of hydrogen-bond acceptors (Lipinski definition) is 3. The zero-order valence-corrected chi connectivity index (χ0v) is 16.9. The minimum Gasteiger partial charge on any atom is -0.352 e. The maximum atomic E-state index is 12.1. The molecule has 0 spiro atoms. The van der Waals surface area contributed by atoms with Crippen LogP contribution in [0.2, 0.25) is 0 Å². The van der Waals surface area contributed by atoms with Crippen molar-refractivity contribution in [3.63, 3.8) is 0 Å². The maximum Gasteiger partial charge on any atom is 0.232 e. The van der Waals surface area contributed by atoms with Crippen LogP contribution in [0.3, 0.4) is 0 Å². The summed E-state index contributed by atoms with van der Waals surface area (Å²) in [5.74, 6) is -0.0351. The lowest BCUT2D eigenvalue weighted by Gasteiger charge is -2.23. The summed E-state index contributed by atoms with van der Waals surface area (Å²) in [5.41, 5.74) is 1.89. The van der Waals surface area contributed by atoms with Crippen molar-refractivity contribution >= 4 is 37.5 Å². The summed E-state index contributed by atoms with van der Waals surface area (Å²) in [5, 5.41) is 2.93. The maximum absolute atomic E-state index is 12.1. The van der Waals surface area contributed by atoms with Crippen molar-refractivity contribution < 1.29 is 13.2 Å². The van der Waals surface area contributed by atoms with E-state index in [0.29, 0.717) is 29.5 Å². The van der Waals surface area contributed by atoms with Crippen molar-refractivity contribution in [1.29, 1.82) is 0 Å². The lowest BCUT2D eigenvalue weighted by Crippen LogP contribution is -2.32. The SMILES string of the molecule is CS(=O)(=O)N(CCCC(=O)NCC1=CCCCC1)c1ccccc1Br. The minimum absolute atomic E-state index is 0.0351. The second-order valence-electron chi connectivity index (χ2n) is 6.27. The third-order valence-electron chi connectivity index (χ3n) is 4.18. The molecule has 0 fully saturated rings. The highest BCUT2D eigenvalue weighted by atomic mass is 79.9. The van der Waals surface area contributed by atoms with Crippen LogP contribution in [0.4, 0.5) is 5.69 Å². The largest absolute Gasteiger partial charge is 0.352 e. The Morgan fingerprint density at radius 2 is 2.04 bits per heavy atom. The number of para-hydroxylation sites is 1.